The van der Waals surface area contributed by atoms with E-state index in [1.807, 2.05) is 0 Å². The molecule has 0 amide bonds. The fourth-order valence-corrected chi connectivity index (χ4v) is 2.60. The van der Waals surface area contributed by atoms with E-state index in [-0.39, 0.29) is 4.90 Å². The highest BCUT2D eigenvalue weighted by molar-refractivity contribution is 7.90. The smallest absolute Gasteiger partial charge is 0.179 e. The summed E-state index contributed by atoms with van der Waals surface area (Å²) in [5.41, 5.74) is 0. The van der Waals surface area contributed by atoms with Crippen LogP contribution in [0.3, 0.4) is 0 Å². The number of hydrogen-bond acceptors (Lipinski definition) is 4. The topological polar surface area (TPSA) is 64.8 Å². The lowest BCUT2D eigenvalue weighted by Crippen LogP contribution is -2.09. The largest absolute Gasteiger partial charge is 0.287 e. The molecule has 0 aromatic carbocycles. The van der Waals surface area contributed by atoms with E-state index < -0.39 is 9.84 Å². The summed E-state index contributed by atoms with van der Waals surface area (Å²) >= 11 is 0. The van der Waals surface area contributed by atoms with Gasteiger partial charge in [0.15, 0.2) is 15.7 Å². The predicted octanol–water partition coefficient (Wildman–Crippen LogP) is 1.62. The molecule has 2 heterocycles. The van der Waals surface area contributed by atoms with Gasteiger partial charge in [0.05, 0.1) is 0 Å². The number of nitrogens with zero attached hydrogens (tertiary/aromatic N) is 3. The first-order valence-corrected chi connectivity index (χ1v) is 7.61. The van der Waals surface area contributed by atoms with Crippen LogP contribution in [0.4, 0.5) is 0 Å². The van der Waals surface area contributed by atoms with Gasteiger partial charge in [0, 0.05) is 31.3 Å². The summed E-state index contributed by atoms with van der Waals surface area (Å²) in [5, 5.41) is 0. The highest BCUT2D eigenvalue weighted by Gasteiger charge is 2.17. The van der Waals surface area contributed by atoms with Crippen molar-refractivity contribution in [2.45, 2.75) is 24.7 Å². The Morgan fingerprint density at radius 1 is 1.28 bits per heavy atom. The molecule has 0 aliphatic heterocycles. The minimum absolute atomic E-state index is 0.223. The van der Waals surface area contributed by atoms with Gasteiger partial charge in [-0.05, 0) is 18.6 Å². The first-order chi connectivity index (χ1) is 8.54. The van der Waals surface area contributed by atoms with Crippen LogP contribution in [0.15, 0.2) is 35.6 Å². The van der Waals surface area contributed by atoms with Crippen molar-refractivity contribution in [3.05, 3.63) is 36.5 Å². The van der Waals surface area contributed by atoms with Gasteiger partial charge in [-0.1, -0.05) is 6.92 Å². The molecular formula is C12H15N3O2S. The number of sulfone groups is 1. The summed E-state index contributed by atoms with van der Waals surface area (Å²) in [7, 11) is -3.30. The SMILES string of the molecule is CCCc1nccn1-c1ncccc1S(C)(=O)=O. The summed E-state index contributed by atoms with van der Waals surface area (Å²) < 4.78 is 25.2. The highest BCUT2D eigenvalue weighted by atomic mass is 32.2. The van der Waals surface area contributed by atoms with Crippen molar-refractivity contribution in [3.8, 4) is 5.82 Å². The molecule has 5 nitrogen and oxygen atoms in total. The summed E-state index contributed by atoms with van der Waals surface area (Å²) in [5.74, 6) is 1.24. The molecular weight excluding hydrogens is 250 g/mol. The Balaban J connectivity index is 2.61. The van der Waals surface area contributed by atoms with E-state index in [2.05, 4.69) is 16.9 Å². The molecule has 0 fully saturated rings. The molecule has 2 rings (SSSR count). The van der Waals surface area contributed by atoms with Gasteiger partial charge in [0.1, 0.15) is 10.7 Å². The van der Waals surface area contributed by atoms with Crippen molar-refractivity contribution in [1.29, 1.82) is 0 Å². The van der Waals surface area contributed by atoms with E-state index in [9.17, 15) is 8.42 Å². The molecule has 0 saturated heterocycles. The molecule has 0 bridgehead atoms. The first-order valence-electron chi connectivity index (χ1n) is 5.71. The Kier molecular flexibility index (Phi) is 3.47. The van der Waals surface area contributed by atoms with Crippen LogP contribution < -0.4 is 0 Å². The normalized spacial score (nSPS) is 11.7. The summed E-state index contributed by atoms with van der Waals surface area (Å²) in [6, 6.07) is 3.18. The van der Waals surface area contributed by atoms with Crippen molar-refractivity contribution in [3.63, 3.8) is 0 Å². The Bertz CT molecular complexity index is 647. The van der Waals surface area contributed by atoms with Crippen molar-refractivity contribution < 1.29 is 8.42 Å². The van der Waals surface area contributed by atoms with Crippen LogP contribution in [0.1, 0.15) is 19.2 Å². The number of aromatic nitrogens is 3. The fraction of sp³-hybridized carbons (Fsp3) is 0.333. The minimum Gasteiger partial charge on any atom is -0.287 e. The second kappa shape index (κ2) is 4.89. The minimum atomic E-state index is -3.30. The monoisotopic (exact) mass is 265 g/mol. The number of hydrogen-bond donors (Lipinski definition) is 0. The lowest BCUT2D eigenvalue weighted by Gasteiger charge is -2.10. The molecule has 0 aliphatic carbocycles. The maximum atomic E-state index is 11.7. The van der Waals surface area contributed by atoms with E-state index in [0.717, 1.165) is 18.7 Å². The van der Waals surface area contributed by atoms with Gasteiger partial charge in [0.2, 0.25) is 0 Å². The third-order valence-electron chi connectivity index (χ3n) is 2.57. The van der Waals surface area contributed by atoms with E-state index in [4.69, 9.17) is 0 Å². The quantitative estimate of drug-likeness (QED) is 0.842. The second-order valence-corrected chi connectivity index (χ2v) is 6.04. The lowest BCUT2D eigenvalue weighted by atomic mass is 10.3. The number of aryl methyl sites for hydroxylation is 1. The summed E-state index contributed by atoms with van der Waals surface area (Å²) in [4.78, 5) is 8.63. The molecule has 0 atom stereocenters. The second-order valence-electron chi connectivity index (χ2n) is 4.06. The third-order valence-corrected chi connectivity index (χ3v) is 3.69. The Morgan fingerprint density at radius 2 is 2.06 bits per heavy atom. The zero-order chi connectivity index (χ0) is 13.2. The van der Waals surface area contributed by atoms with Gasteiger partial charge >= 0.3 is 0 Å². The van der Waals surface area contributed by atoms with Gasteiger partial charge in [0.25, 0.3) is 0 Å². The Hall–Kier alpha value is -1.69. The van der Waals surface area contributed by atoms with Crippen molar-refractivity contribution in [1.82, 2.24) is 14.5 Å². The molecule has 0 spiro atoms. The third kappa shape index (κ3) is 2.43. The van der Waals surface area contributed by atoms with Crippen LogP contribution in [0.25, 0.3) is 5.82 Å². The molecule has 0 N–H and O–H groups in total. The van der Waals surface area contributed by atoms with Crippen LogP contribution in [-0.4, -0.2) is 29.2 Å². The van der Waals surface area contributed by atoms with Gasteiger partial charge in [-0.3, -0.25) is 4.57 Å². The van der Waals surface area contributed by atoms with Gasteiger partial charge in [-0.2, -0.15) is 0 Å². The predicted molar refractivity (Wildman–Crippen MR) is 68.5 cm³/mol. The first kappa shape index (κ1) is 12.8. The molecule has 0 saturated carbocycles. The van der Waals surface area contributed by atoms with Gasteiger partial charge in [-0.25, -0.2) is 18.4 Å². The molecule has 0 unspecified atom stereocenters. The molecule has 0 radical (unpaired) electrons. The van der Waals surface area contributed by atoms with E-state index in [1.54, 1.807) is 35.3 Å². The average Bonchev–Trinajstić information content (AvgIpc) is 2.77. The van der Waals surface area contributed by atoms with Gasteiger partial charge < -0.3 is 0 Å². The number of rotatable bonds is 4. The molecule has 18 heavy (non-hydrogen) atoms. The molecule has 2 aromatic rings. The highest BCUT2D eigenvalue weighted by Crippen LogP contribution is 2.19. The van der Waals surface area contributed by atoms with Crippen molar-refractivity contribution in [2.75, 3.05) is 6.26 Å². The van der Waals surface area contributed by atoms with Crippen LogP contribution in [0.2, 0.25) is 0 Å². The molecule has 0 aliphatic rings. The Labute approximate surface area is 106 Å². The number of pyridine rings is 1. The number of imidazole rings is 1. The maximum absolute atomic E-state index is 11.7. The average molecular weight is 265 g/mol. The lowest BCUT2D eigenvalue weighted by molar-refractivity contribution is 0.600. The summed E-state index contributed by atoms with van der Waals surface area (Å²) in [6.07, 6.45) is 7.89. The van der Waals surface area contributed by atoms with E-state index >= 15 is 0 Å². The van der Waals surface area contributed by atoms with Crippen LogP contribution >= 0.6 is 0 Å². The zero-order valence-corrected chi connectivity index (χ0v) is 11.2. The fourth-order valence-electron chi connectivity index (χ4n) is 1.79. The van der Waals surface area contributed by atoms with E-state index in [1.165, 1.54) is 6.26 Å². The van der Waals surface area contributed by atoms with Crippen LogP contribution in [-0.2, 0) is 16.3 Å². The zero-order valence-electron chi connectivity index (χ0n) is 10.4. The Morgan fingerprint density at radius 3 is 2.72 bits per heavy atom. The maximum Gasteiger partial charge on any atom is 0.179 e. The molecule has 2 aromatic heterocycles. The van der Waals surface area contributed by atoms with Crippen LogP contribution in [0.5, 0.6) is 0 Å². The standard InChI is InChI=1S/C12H15N3O2S/c1-3-5-11-13-8-9-15(11)12-10(18(2,16)17)6-4-7-14-12/h4,6-9H,3,5H2,1-2H3. The van der Waals surface area contributed by atoms with Gasteiger partial charge in [-0.15, -0.1) is 0 Å². The summed E-state index contributed by atoms with van der Waals surface area (Å²) in [6.45, 7) is 2.05. The van der Waals surface area contributed by atoms with Crippen molar-refractivity contribution >= 4 is 9.84 Å². The van der Waals surface area contributed by atoms with E-state index in [0.29, 0.717) is 5.82 Å². The van der Waals surface area contributed by atoms with Crippen LogP contribution in [0, 0.1) is 0 Å². The van der Waals surface area contributed by atoms with Crippen molar-refractivity contribution in [2.24, 2.45) is 0 Å². The molecule has 6 heteroatoms. The molecule has 96 valence electrons.